The SMILES string of the molecule is CC(Cc1ccc(Br)cc1)NC(=O)OCCO. The molecule has 2 N–H and O–H groups in total. The Kier molecular flexibility index (Phi) is 6.00. The van der Waals surface area contributed by atoms with E-state index in [0.29, 0.717) is 0 Å². The summed E-state index contributed by atoms with van der Waals surface area (Å²) in [5.41, 5.74) is 1.14. The molecule has 1 rings (SSSR count). The summed E-state index contributed by atoms with van der Waals surface area (Å²) in [6.45, 7) is 1.77. The van der Waals surface area contributed by atoms with Crippen molar-refractivity contribution in [3.8, 4) is 0 Å². The number of carbonyl (C=O) groups is 1. The van der Waals surface area contributed by atoms with Gasteiger partial charge in [-0.2, -0.15) is 0 Å². The van der Waals surface area contributed by atoms with Crippen LogP contribution in [0.15, 0.2) is 28.7 Å². The van der Waals surface area contributed by atoms with Crippen molar-refractivity contribution >= 4 is 22.0 Å². The molecule has 1 amide bonds. The molecule has 0 aliphatic rings. The van der Waals surface area contributed by atoms with Gasteiger partial charge in [0.1, 0.15) is 6.61 Å². The van der Waals surface area contributed by atoms with Crippen LogP contribution in [0.1, 0.15) is 12.5 Å². The standard InChI is InChI=1S/C12H16BrNO3/c1-9(14-12(16)17-7-6-15)8-10-2-4-11(13)5-3-10/h2-5,9,15H,6-8H2,1H3,(H,14,16). The van der Waals surface area contributed by atoms with Crippen molar-refractivity contribution in [1.82, 2.24) is 5.32 Å². The Bertz CT molecular complexity index is 353. The molecule has 5 heteroatoms. The van der Waals surface area contributed by atoms with E-state index in [1.165, 1.54) is 0 Å². The van der Waals surface area contributed by atoms with Crippen LogP contribution in [0.4, 0.5) is 4.79 Å². The molecule has 0 spiro atoms. The van der Waals surface area contributed by atoms with E-state index in [0.717, 1.165) is 16.5 Å². The number of benzene rings is 1. The summed E-state index contributed by atoms with van der Waals surface area (Å²) in [6, 6.07) is 7.92. The van der Waals surface area contributed by atoms with E-state index in [4.69, 9.17) is 9.84 Å². The van der Waals surface area contributed by atoms with E-state index in [1.54, 1.807) is 0 Å². The van der Waals surface area contributed by atoms with E-state index in [-0.39, 0.29) is 19.3 Å². The zero-order valence-electron chi connectivity index (χ0n) is 9.65. The Morgan fingerprint density at radius 1 is 1.47 bits per heavy atom. The number of aliphatic hydroxyl groups excluding tert-OH is 1. The molecule has 1 unspecified atom stereocenters. The zero-order chi connectivity index (χ0) is 12.7. The maximum absolute atomic E-state index is 11.2. The molecule has 0 fully saturated rings. The summed E-state index contributed by atoms with van der Waals surface area (Å²) in [5, 5.41) is 11.2. The van der Waals surface area contributed by atoms with Crippen LogP contribution in [-0.4, -0.2) is 30.5 Å². The molecule has 94 valence electrons. The Morgan fingerprint density at radius 2 is 2.12 bits per heavy atom. The van der Waals surface area contributed by atoms with E-state index >= 15 is 0 Å². The molecule has 1 aromatic carbocycles. The highest BCUT2D eigenvalue weighted by Crippen LogP contribution is 2.11. The third-order valence-electron chi connectivity index (χ3n) is 2.14. The van der Waals surface area contributed by atoms with Crippen LogP contribution < -0.4 is 5.32 Å². The second-order valence-electron chi connectivity index (χ2n) is 3.74. The molecular weight excluding hydrogens is 286 g/mol. The summed E-state index contributed by atoms with van der Waals surface area (Å²) in [4.78, 5) is 11.2. The predicted octanol–water partition coefficient (Wildman–Crippen LogP) is 2.10. The summed E-state index contributed by atoms with van der Waals surface area (Å²) in [5.74, 6) is 0. The van der Waals surface area contributed by atoms with Gasteiger partial charge in [0.15, 0.2) is 0 Å². The average molecular weight is 302 g/mol. The van der Waals surface area contributed by atoms with Crippen molar-refractivity contribution in [2.24, 2.45) is 0 Å². The maximum Gasteiger partial charge on any atom is 0.407 e. The first-order valence-corrected chi connectivity index (χ1v) is 6.19. The number of hydrogen-bond acceptors (Lipinski definition) is 3. The molecule has 0 saturated heterocycles. The highest BCUT2D eigenvalue weighted by molar-refractivity contribution is 9.10. The normalized spacial score (nSPS) is 11.9. The lowest BCUT2D eigenvalue weighted by Gasteiger charge is -2.13. The number of alkyl carbamates (subject to hydrolysis) is 1. The van der Waals surface area contributed by atoms with Gasteiger partial charge in [-0.15, -0.1) is 0 Å². The third-order valence-corrected chi connectivity index (χ3v) is 2.67. The largest absolute Gasteiger partial charge is 0.447 e. The Balaban J connectivity index is 2.36. The van der Waals surface area contributed by atoms with Crippen LogP contribution >= 0.6 is 15.9 Å². The number of nitrogens with one attached hydrogen (secondary N) is 1. The van der Waals surface area contributed by atoms with E-state index in [1.807, 2.05) is 31.2 Å². The van der Waals surface area contributed by atoms with Gasteiger partial charge >= 0.3 is 6.09 Å². The topological polar surface area (TPSA) is 58.6 Å². The molecule has 0 aromatic heterocycles. The zero-order valence-corrected chi connectivity index (χ0v) is 11.2. The van der Waals surface area contributed by atoms with Crippen molar-refractivity contribution in [3.05, 3.63) is 34.3 Å². The molecule has 17 heavy (non-hydrogen) atoms. The van der Waals surface area contributed by atoms with E-state index < -0.39 is 6.09 Å². The minimum atomic E-state index is -0.497. The predicted molar refractivity (Wildman–Crippen MR) is 68.9 cm³/mol. The van der Waals surface area contributed by atoms with Crippen molar-refractivity contribution in [3.63, 3.8) is 0 Å². The van der Waals surface area contributed by atoms with Crippen LogP contribution in [-0.2, 0) is 11.2 Å². The Hall–Kier alpha value is -1.07. The quantitative estimate of drug-likeness (QED) is 0.875. The molecule has 0 aliphatic heterocycles. The minimum Gasteiger partial charge on any atom is -0.447 e. The van der Waals surface area contributed by atoms with Crippen LogP contribution in [0, 0.1) is 0 Å². The van der Waals surface area contributed by atoms with Crippen LogP contribution in [0.3, 0.4) is 0 Å². The monoisotopic (exact) mass is 301 g/mol. The number of ether oxygens (including phenoxy) is 1. The number of hydrogen-bond donors (Lipinski definition) is 2. The smallest absolute Gasteiger partial charge is 0.407 e. The second kappa shape index (κ2) is 7.29. The van der Waals surface area contributed by atoms with Crippen LogP contribution in [0.2, 0.25) is 0 Å². The first kappa shape index (κ1) is 14.0. The second-order valence-corrected chi connectivity index (χ2v) is 4.65. The van der Waals surface area contributed by atoms with Crippen LogP contribution in [0.25, 0.3) is 0 Å². The lowest BCUT2D eigenvalue weighted by molar-refractivity contribution is 0.116. The number of amides is 1. The summed E-state index contributed by atoms with van der Waals surface area (Å²) >= 11 is 3.37. The molecule has 1 atom stereocenters. The van der Waals surface area contributed by atoms with Gasteiger partial charge in [0, 0.05) is 10.5 Å². The highest BCUT2D eigenvalue weighted by Gasteiger charge is 2.08. The first-order valence-electron chi connectivity index (χ1n) is 5.40. The average Bonchev–Trinajstić information content (AvgIpc) is 2.29. The molecule has 0 saturated carbocycles. The van der Waals surface area contributed by atoms with Crippen molar-refractivity contribution in [2.75, 3.05) is 13.2 Å². The van der Waals surface area contributed by atoms with Crippen molar-refractivity contribution < 1.29 is 14.6 Å². The summed E-state index contributed by atoms with van der Waals surface area (Å²) < 4.78 is 5.74. The van der Waals surface area contributed by atoms with Gasteiger partial charge in [-0.05, 0) is 31.0 Å². The lowest BCUT2D eigenvalue weighted by Crippen LogP contribution is -2.35. The number of aliphatic hydroxyl groups is 1. The van der Waals surface area contributed by atoms with E-state index in [9.17, 15) is 4.79 Å². The highest BCUT2D eigenvalue weighted by atomic mass is 79.9. The van der Waals surface area contributed by atoms with Crippen LogP contribution in [0.5, 0.6) is 0 Å². The molecule has 0 heterocycles. The van der Waals surface area contributed by atoms with Gasteiger partial charge in [-0.1, -0.05) is 28.1 Å². The van der Waals surface area contributed by atoms with Gasteiger partial charge in [0.05, 0.1) is 6.61 Å². The Morgan fingerprint density at radius 3 is 2.71 bits per heavy atom. The summed E-state index contributed by atoms with van der Waals surface area (Å²) in [7, 11) is 0. The number of rotatable bonds is 5. The maximum atomic E-state index is 11.2. The fraction of sp³-hybridized carbons (Fsp3) is 0.417. The molecular formula is C12H16BrNO3. The molecule has 0 aliphatic carbocycles. The van der Waals surface area contributed by atoms with Crippen molar-refractivity contribution in [2.45, 2.75) is 19.4 Å². The van der Waals surface area contributed by atoms with Crippen molar-refractivity contribution in [1.29, 1.82) is 0 Å². The van der Waals surface area contributed by atoms with Gasteiger partial charge < -0.3 is 15.2 Å². The molecule has 1 aromatic rings. The third kappa shape index (κ3) is 5.70. The van der Waals surface area contributed by atoms with Gasteiger partial charge in [0.2, 0.25) is 0 Å². The molecule has 0 radical (unpaired) electrons. The fourth-order valence-electron chi connectivity index (χ4n) is 1.41. The van der Waals surface area contributed by atoms with Gasteiger partial charge in [0.25, 0.3) is 0 Å². The van der Waals surface area contributed by atoms with Gasteiger partial charge in [-0.25, -0.2) is 4.79 Å². The lowest BCUT2D eigenvalue weighted by atomic mass is 10.1. The fourth-order valence-corrected chi connectivity index (χ4v) is 1.67. The number of carbonyl (C=O) groups excluding carboxylic acids is 1. The summed E-state index contributed by atoms with van der Waals surface area (Å²) in [6.07, 6.45) is 0.241. The first-order chi connectivity index (χ1) is 8.11. The van der Waals surface area contributed by atoms with Gasteiger partial charge in [-0.3, -0.25) is 0 Å². The Labute approximate surface area is 109 Å². The molecule has 0 bridgehead atoms. The molecule has 4 nitrogen and oxygen atoms in total. The number of halogens is 1. The minimum absolute atomic E-state index is 0.0117. The van der Waals surface area contributed by atoms with E-state index in [2.05, 4.69) is 21.2 Å².